The smallest absolute Gasteiger partial charge is 0.288 e. The molecule has 0 heterocycles. The Balaban J connectivity index is 2.72. The third-order valence-corrected chi connectivity index (χ3v) is 3.58. The molecule has 0 spiro atoms. The molecule has 0 radical (unpaired) electrons. The molecule has 0 unspecified atom stereocenters. The molecule has 0 atom stereocenters. The highest BCUT2D eigenvalue weighted by Gasteiger charge is 2.25. The Morgan fingerprint density at radius 1 is 0.833 bits per heavy atom. The van der Waals surface area contributed by atoms with Crippen molar-refractivity contribution in [1.82, 2.24) is 0 Å². The average Bonchev–Trinajstić information content (AvgIpc) is 2.13. The van der Waals surface area contributed by atoms with Gasteiger partial charge in [-0.25, -0.2) is 0 Å². The van der Waals surface area contributed by atoms with Crippen LogP contribution in [0.25, 0.3) is 0 Å². The van der Waals surface area contributed by atoms with E-state index < -0.39 is 8.53 Å². The van der Waals surface area contributed by atoms with Crippen molar-refractivity contribution in [2.24, 2.45) is 0 Å². The van der Waals surface area contributed by atoms with Crippen molar-refractivity contribution in [2.75, 3.05) is 5.09 Å². The summed E-state index contributed by atoms with van der Waals surface area (Å²) in [5, 5.41) is 3.31. The second-order valence-electron chi connectivity index (χ2n) is 6.14. The van der Waals surface area contributed by atoms with E-state index in [1.807, 2.05) is 71.9 Å². The summed E-state index contributed by atoms with van der Waals surface area (Å²) in [6.07, 6.45) is 0. The highest BCUT2D eigenvalue weighted by molar-refractivity contribution is 7.49. The molecule has 0 aliphatic heterocycles. The summed E-state index contributed by atoms with van der Waals surface area (Å²) in [6.45, 7) is 12.2. The monoisotopic (exact) mass is 269 g/mol. The number of hydrogen-bond donors (Lipinski definition) is 1. The van der Waals surface area contributed by atoms with Gasteiger partial charge in [-0.2, -0.15) is 0 Å². The van der Waals surface area contributed by atoms with Crippen LogP contribution in [0.2, 0.25) is 0 Å². The highest BCUT2D eigenvalue weighted by atomic mass is 31.2. The van der Waals surface area contributed by atoms with Crippen LogP contribution in [0.15, 0.2) is 30.3 Å². The number of hydrogen-bond acceptors (Lipinski definition) is 3. The predicted molar refractivity (Wildman–Crippen MR) is 78.7 cm³/mol. The lowest BCUT2D eigenvalue weighted by Gasteiger charge is -2.31. The van der Waals surface area contributed by atoms with Crippen LogP contribution in [0.5, 0.6) is 0 Å². The molecule has 0 aliphatic carbocycles. The molecular formula is C14H24NO2P. The lowest BCUT2D eigenvalue weighted by molar-refractivity contribution is 0.0752. The number of nitrogens with one attached hydrogen (secondary N) is 1. The van der Waals surface area contributed by atoms with Gasteiger partial charge in [0.1, 0.15) is 0 Å². The maximum atomic E-state index is 5.95. The van der Waals surface area contributed by atoms with Crippen molar-refractivity contribution in [3.05, 3.63) is 30.3 Å². The number of rotatable bonds is 4. The largest absolute Gasteiger partial charge is 0.320 e. The molecule has 102 valence electrons. The highest BCUT2D eigenvalue weighted by Crippen LogP contribution is 2.45. The maximum Gasteiger partial charge on any atom is 0.288 e. The number of benzene rings is 1. The second kappa shape index (κ2) is 6.01. The molecule has 0 aromatic heterocycles. The van der Waals surface area contributed by atoms with Crippen LogP contribution < -0.4 is 5.09 Å². The van der Waals surface area contributed by atoms with Crippen molar-refractivity contribution >= 4 is 14.2 Å². The fourth-order valence-electron chi connectivity index (χ4n) is 1.18. The molecule has 0 saturated carbocycles. The lowest BCUT2D eigenvalue weighted by atomic mass is 10.2. The van der Waals surface area contributed by atoms with Gasteiger partial charge >= 0.3 is 0 Å². The van der Waals surface area contributed by atoms with Crippen LogP contribution in [-0.2, 0) is 9.05 Å². The Kier molecular flexibility index (Phi) is 5.15. The summed E-state index contributed by atoms with van der Waals surface area (Å²) < 4.78 is 11.9. The van der Waals surface area contributed by atoms with Crippen molar-refractivity contribution in [1.29, 1.82) is 0 Å². The minimum absolute atomic E-state index is 0.237. The Morgan fingerprint density at radius 2 is 1.28 bits per heavy atom. The standard InChI is InChI=1S/C14H24NO2P/c1-13(2,3)16-18(17-14(4,5)6)15-12-10-8-7-9-11-12/h7-11,15H,1-6H3. The van der Waals surface area contributed by atoms with Gasteiger partial charge in [0.05, 0.1) is 11.2 Å². The van der Waals surface area contributed by atoms with Gasteiger partial charge < -0.3 is 14.1 Å². The fraction of sp³-hybridized carbons (Fsp3) is 0.571. The van der Waals surface area contributed by atoms with E-state index in [1.165, 1.54) is 0 Å². The molecule has 1 aromatic carbocycles. The van der Waals surface area contributed by atoms with Crippen molar-refractivity contribution < 1.29 is 9.05 Å². The van der Waals surface area contributed by atoms with E-state index in [0.717, 1.165) is 5.69 Å². The molecule has 0 aliphatic rings. The fourth-order valence-corrected chi connectivity index (χ4v) is 2.66. The molecule has 0 amide bonds. The van der Waals surface area contributed by atoms with Gasteiger partial charge in [-0.1, -0.05) is 18.2 Å². The molecule has 1 aromatic rings. The van der Waals surface area contributed by atoms with E-state index in [0.29, 0.717) is 0 Å². The van der Waals surface area contributed by atoms with Crippen LogP contribution in [0.4, 0.5) is 5.69 Å². The Bertz CT molecular complexity index is 338. The molecule has 1 rings (SSSR count). The van der Waals surface area contributed by atoms with Crippen molar-refractivity contribution in [2.45, 2.75) is 52.7 Å². The van der Waals surface area contributed by atoms with Gasteiger partial charge in [-0.3, -0.25) is 0 Å². The first-order chi connectivity index (χ1) is 8.16. The van der Waals surface area contributed by atoms with E-state index in [-0.39, 0.29) is 11.2 Å². The van der Waals surface area contributed by atoms with Crippen LogP contribution in [-0.4, -0.2) is 11.2 Å². The third kappa shape index (κ3) is 6.95. The lowest BCUT2D eigenvalue weighted by Crippen LogP contribution is -2.24. The SMILES string of the molecule is CC(C)(C)OP(Nc1ccccc1)OC(C)(C)C. The molecule has 1 N–H and O–H groups in total. The van der Waals surface area contributed by atoms with Gasteiger partial charge in [-0.05, 0) is 53.7 Å². The summed E-state index contributed by atoms with van der Waals surface area (Å²) in [6, 6.07) is 9.98. The molecule has 0 fully saturated rings. The third-order valence-electron chi connectivity index (χ3n) is 1.71. The van der Waals surface area contributed by atoms with Gasteiger partial charge in [0.15, 0.2) is 0 Å². The van der Waals surface area contributed by atoms with E-state index in [4.69, 9.17) is 9.05 Å². The van der Waals surface area contributed by atoms with E-state index >= 15 is 0 Å². The first kappa shape index (κ1) is 15.4. The zero-order valence-electron chi connectivity index (χ0n) is 12.2. The zero-order chi connectivity index (χ0) is 13.8. The Morgan fingerprint density at radius 3 is 1.67 bits per heavy atom. The quantitative estimate of drug-likeness (QED) is 0.784. The summed E-state index contributed by atoms with van der Waals surface area (Å²) in [7, 11) is -1.16. The van der Waals surface area contributed by atoms with E-state index in [1.54, 1.807) is 0 Å². The summed E-state index contributed by atoms with van der Waals surface area (Å²) in [5.74, 6) is 0. The molecular weight excluding hydrogens is 245 g/mol. The Hall–Kier alpha value is -0.630. The van der Waals surface area contributed by atoms with Gasteiger partial charge in [0, 0.05) is 5.69 Å². The average molecular weight is 269 g/mol. The Labute approximate surface area is 112 Å². The molecule has 3 nitrogen and oxygen atoms in total. The van der Waals surface area contributed by atoms with Crippen LogP contribution in [0.3, 0.4) is 0 Å². The first-order valence-corrected chi connectivity index (χ1v) is 7.34. The van der Waals surface area contributed by atoms with Gasteiger partial charge in [-0.15, -0.1) is 0 Å². The van der Waals surface area contributed by atoms with Crippen LogP contribution in [0.1, 0.15) is 41.5 Å². The summed E-state index contributed by atoms with van der Waals surface area (Å²) in [4.78, 5) is 0. The summed E-state index contributed by atoms with van der Waals surface area (Å²) in [5.41, 5.74) is 0.536. The van der Waals surface area contributed by atoms with Crippen molar-refractivity contribution in [3.63, 3.8) is 0 Å². The molecule has 4 heteroatoms. The van der Waals surface area contributed by atoms with E-state index in [2.05, 4.69) is 5.09 Å². The minimum Gasteiger partial charge on any atom is -0.320 e. The topological polar surface area (TPSA) is 30.5 Å². The predicted octanol–water partition coefficient (Wildman–Crippen LogP) is 4.96. The van der Waals surface area contributed by atoms with E-state index in [9.17, 15) is 0 Å². The van der Waals surface area contributed by atoms with Crippen molar-refractivity contribution in [3.8, 4) is 0 Å². The van der Waals surface area contributed by atoms with Gasteiger partial charge in [0.25, 0.3) is 8.53 Å². The van der Waals surface area contributed by atoms with Crippen LogP contribution >= 0.6 is 8.53 Å². The second-order valence-corrected chi connectivity index (χ2v) is 7.25. The number of para-hydroxylation sites is 1. The maximum absolute atomic E-state index is 5.95. The zero-order valence-corrected chi connectivity index (χ0v) is 13.0. The minimum atomic E-state index is -1.16. The molecule has 0 bridgehead atoms. The number of anilines is 1. The normalized spacial score (nSPS) is 12.8. The summed E-state index contributed by atoms with van der Waals surface area (Å²) >= 11 is 0. The van der Waals surface area contributed by atoms with Gasteiger partial charge in [0.2, 0.25) is 0 Å². The molecule has 0 saturated heterocycles. The first-order valence-electron chi connectivity index (χ1n) is 6.16. The molecule has 18 heavy (non-hydrogen) atoms. The van der Waals surface area contributed by atoms with Crippen LogP contribution in [0, 0.1) is 0 Å².